The number of nitrogens with zero attached hydrogens (tertiary/aromatic N) is 1. The van der Waals surface area contributed by atoms with E-state index in [-0.39, 0.29) is 0 Å². The molecule has 0 radical (unpaired) electrons. The Morgan fingerprint density at radius 2 is 2.00 bits per heavy atom. The van der Waals surface area contributed by atoms with Crippen molar-refractivity contribution in [2.75, 3.05) is 13.1 Å². The SMILES string of the molecule is NC(O)N1CCC(c2c[nH]c3ccccc23)CC1. The van der Waals surface area contributed by atoms with Gasteiger partial charge in [-0.3, -0.25) is 10.6 Å². The van der Waals surface area contributed by atoms with Gasteiger partial charge in [0.15, 0.2) is 6.35 Å². The molecule has 1 aromatic carbocycles. The summed E-state index contributed by atoms with van der Waals surface area (Å²) >= 11 is 0. The topological polar surface area (TPSA) is 65.3 Å². The highest BCUT2D eigenvalue weighted by Gasteiger charge is 2.24. The fourth-order valence-electron chi connectivity index (χ4n) is 2.91. The molecule has 1 saturated heterocycles. The number of aliphatic hydroxyl groups is 1. The van der Waals surface area contributed by atoms with Gasteiger partial charge in [0.1, 0.15) is 0 Å². The maximum absolute atomic E-state index is 9.36. The Kier molecular flexibility index (Phi) is 3.07. The highest BCUT2D eigenvalue weighted by Crippen LogP contribution is 2.33. The molecule has 1 aliphatic rings. The summed E-state index contributed by atoms with van der Waals surface area (Å²) in [6.45, 7) is 1.73. The summed E-state index contributed by atoms with van der Waals surface area (Å²) in [6, 6.07) is 8.41. The van der Waals surface area contributed by atoms with Crippen LogP contribution in [-0.4, -0.2) is 34.4 Å². The van der Waals surface area contributed by atoms with Gasteiger partial charge in [-0.05, 0) is 30.4 Å². The van der Waals surface area contributed by atoms with Gasteiger partial charge in [0, 0.05) is 30.2 Å². The molecule has 1 unspecified atom stereocenters. The van der Waals surface area contributed by atoms with Crippen molar-refractivity contribution in [3.8, 4) is 0 Å². The van der Waals surface area contributed by atoms with Gasteiger partial charge in [0.2, 0.25) is 0 Å². The maximum Gasteiger partial charge on any atom is 0.160 e. The molecular weight excluding hydrogens is 226 g/mol. The van der Waals surface area contributed by atoms with Crippen molar-refractivity contribution in [3.05, 3.63) is 36.0 Å². The summed E-state index contributed by atoms with van der Waals surface area (Å²) < 4.78 is 0. The highest BCUT2D eigenvalue weighted by molar-refractivity contribution is 5.83. The molecule has 1 aromatic heterocycles. The molecule has 0 aliphatic carbocycles. The maximum atomic E-state index is 9.36. The van der Waals surface area contributed by atoms with Gasteiger partial charge < -0.3 is 10.1 Å². The monoisotopic (exact) mass is 245 g/mol. The zero-order chi connectivity index (χ0) is 12.5. The number of piperidine rings is 1. The summed E-state index contributed by atoms with van der Waals surface area (Å²) in [7, 11) is 0. The van der Waals surface area contributed by atoms with Gasteiger partial charge in [-0.15, -0.1) is 0 Å². The fourth-order valence-corrected chi connectivity index (χ4v) is 2.91. The van der Waals surface area contributed by atoms with Gasteiger partial charge in [-0.25, -0.2) is 0 Å². The second-order valence-electron chi connectivity index (χ2n) is 5.01. The smallest absolute Gasteiger partial charge is 0.160 e. The molecule has 2 aromatic rings. The molecule has 18 heavy (non-hydrogen) atoms. The second-order valence-corrected chi connectivity index (χ2v) is 5.01. The van der Waals surface area contributed by atoms with Crippen LogP contribution in [0.3, 0.4) is 0 Å². The van der Waals surface area contributed by atoms with Crippen LogP contribution in [0.1, 0.15) is 24.3 Å². The van der Waals surface area contributed by atoms with Crippen molar-refractivity contribution in [1.82, 2.24) is 9.88 Å². The number of para-hydroxylation sites is 1. The quantitative estimate of drug-likeness (QED) is 0.704. The minimum absolute atomic E-state index is 0.566. The van der Waals surface area contributed by atoms with E-state index in [2.05, 4.69) is 35.4 Å². The third-order valence-electron chi connectivity index (χ3n) is 3.96. The average Bonchev–Trinajstić information content (AvgIpc) is 2.82. The van der Waals surface area contributed by atoms with Crippen molar-refractivity contribution < 1.29 is 5.11 Å². The van der Waals surface area contributed by atoms with Gasteiger partial charge >= 0.3 is 0 Å². The zero-order valence-electron chi connectivity index (χ0n) is 10.3. The number of aromatic amines is 1. The number of aromatic nitrogens is 1. The van der Waals surface area contributed by atoms with Crippen molar-refractivity contribution in [2.24, 2.45) is 5.73 Å². The Morgan fingerprint density at radius 3 is 2.72 bits per heavy atom. The van der Waals surface area contributed by atoms with Crippen molar-refractivity contribution in [2.45, 2.75) is 25.1 Å². The van der Waals surface area contributed by atoms with E-state index in [1.54, 1.807) is 0 Å². The summed E-state index contributed by atoms with van der Waals surface area (Å²) in [4.78, 5) is 5.25. The average molecular weight is 245 g/mol. The predicted octanol–water partition coefficient (Wildman–Crippen LogP) is 1.58. The number of aliphatic hydroxyl groups excluding tert-OH is 1. The minimum atomic E-state index is -0.811. The van der Waals surface area contributed by atoms with E-state index in [1.807, 2.05) is 4.90 Å². The van der Waals surface area contributed by atoms with Crippen LogP contribution >= 0.6 is 0 Å². The van der Waals surface area contributed by atoms with Crippen LogP contribution in [0.4, 0.5) is 0 Å². The molecule has 0 spiro atoms. The second kappa shape index (κ2) is 4.72. The van der Waals surface area contributed by atoms with Gasteiger partial charge in [-0.2, -0.15) is 0 Å². The molecule has 2 heterocycles. The first-order valence-corrected chi connectivity index (χ1v) is 6.49. The molecule has 4 nitrogen and oxygen atoms in total. The lowest BCUT2D eigenvalue weighted by atomic mass is 9.89. The van der Waals surface area contributed by atoms with Crippen LogP contribution in [0.25, 0.3) is 10.9 Å². The third kappa shape index (κ3) is 2.03. The van der Waals surface area contributed by atoms with Crippen LogP contribution in [-0.2, 0) is 0 Å². The summed E-state index contributed by atoms with van der Waals surface area (Å²) in [5, 5.41) is 10.7. The Bertz CT molecular complexity index is 527. The summed E-state index contributed by atoms with van der Waals surface area (Å²) in [5.74, 6) is 0.566. The molecule has 4 N–H and O–H groups in total. The predicted molar refractivity (Wildman–Crippen MR) is 72.0 cm³/mol. The first-order valence-electron chi connectivity index (χ1n) is 6.49. The van der Waals surface area contributed by atoms with Crippen LogP contribution in [0.15, 0.2) is 30.5 Å². The van der Waals surface area contributed by atoms with E-state index in [1.165, 1.54) is 16.5 Å². The Balaban J connectivity index is 1.80. The fraction of sp³-hybridized carbons (Fsp3) is 0.429. The standard InChI is InChI=1S/C14H19N3O/c15-14(18)17-7-5-10(6-8-17)12-9-16-13-4-2-1-3-11(12)13/h1-4,9-10,14,16,18H,5-8,15H2. The van der Waals surface area contributed by atoms with Crippen molar-refractivity contribution in [1.29, 1.82) is 0 Å². The largest absolute Gasteiger partial charge is 0.365 e. The molecule has 1 aliphatic heterocycles. The number of nitrogens with one attached hydrogen (secondary N) is 1. The Morgan fingerprint density at radius 1 is 1.28 bits per heavy atom. The molecule has 96 valence electrons. The molecule has 0 saturated carbocycles. The summed E-state index contributed by atoms with van der Waals surface area (Å²) in [6.07, 6.45) is 3.42. The Hall–Kier alpha value is -1.36. The molecule has 3 rings (SSSR count). The number of rotatable bonds is 2. The zero-order valence-corrected chi connectivity index (χ0v) is 10.3. The lowest BCUT2D eigenvalue weighted by Gasteiger charge is -2.33. The van der Waals surface area contributed by atoms with E-state index < -0.39 is 6.35 Å². The van der Waals surface area contributed by atoms with Crippen molar-refractivity contribution in [3.63, 3.8) is 0 Å². The van der Waals surface area contributed by atoms with Gasteiger partial charge in [0.05, 0.1) is 0 Å². The molecule has 0 bridgehead atoms. The number of H-pyrrole nitrogens is 1. The Labute approximate surface area is 106 Å². The van der Waals surface area contributed by atoms with E-state index >= 15 is 0 Å². The number of benzene rings is 1. The van der Waals surface area contributed by atoms with E-state index in [0.717, 1.165) is 25.9 Å². The number of likely N-dealkylation sites (tertiary alicyclic amines) is 1. The molecule has 4 heteroatoms. The molecule has 1 fully saturated rings. The minimum Gasteiger partial charge on any atom is -0.365 e. The van der Waals surface area contributed by atoms with E-state index in [0.29, 0.717) is 5.92 Å². The van der Waals surface area contributed by atoms with Crippen LogP contribution in [0, 0.1) is 0 Å². The first-order chi connectivity index (χ1) is 8.75. The van der Waals surface area contributed by atoms with Crippen LogP contribution in [0.5, 0.6) is 0 Å². The lowest BCUT2D eigenvalue weighted by molar-refractivity contribution is -0.00592. The number of hydrogen-bond acceptors (Lipinski definition) is 3. The van der Waals surface area contributed by atoms with E-state index in [4.69, 9.17) is 5.73 Å². The number of hydrogen-bond donors (Lipinski definition) is 3. The van der Waals surface area contributed by atoms with Gasteiger partial charge in [0.25, 0.3) is 0 Å². The van der Waals surface area contributed by atoms with Crippen LogP contribution in [0.2, 0.25) is 0 Å². The van der Waals surface area contributed by atoms with Crippen molar-refractivity contribution >= 4 is 10.9 Å². The molecule has 0 amide bonds. The third-order valence-corrected chi connectivity index (χ3v) is 3.96. The summed E-state index contributed by atoms with van der Waals surface area (Å²) in [5.41, 5.74) is 8.10. The van der Waals surface area contributed by atoms with Gasteiger partial charge in [-0.1, -0.05) is 18.2 Å². The molecule has 1 atom stereocenters. The number of fused-ring (bicyclic) bond motifs is 1. The number of nitrogens with two attached hydrogens (primary N) is 1. The molecular formula is C14H19N3O. The highest BCUT2D eigenvalue weighted by atomic mass is 16.3. The normalized spacial score (nSPS) is 20.3. The lowest BCUT2D eigenvalue weighted by Crippen LogP contribution is -2.45. The first kappa shape index (κ1) is 11.7. The van der Waals surface area contributed by atoms with Crippen LogP contribution < -0.4 is 5.73 Å². The van der Waals surface area contributed by atoms with E-state index in [9.17, 15) is 5.11 Å².